The van der Waals surface area contributed by atoms with Gasteiger partial charge < -0.3 is 20.3 Å². The van der Waals surface area contributed by atoms with Gasteiger partial charge in [-0.15, -0.1) is 0 Å². The molecular weight excluding hydrogens is 382 g/mol. The number of nitrogens with one attached hydrogen (secondary N) is 2. The highest BCUT2D eigenvalue weighted by molar-refractivity contribution is 6.05. The van der Waals surface area contributed by atoms with E-state index in [-0.39, 0.29) is 23.6 Å². The van der Waals surface area contributed by atoms with Crippen molar-refractivity contribution in [3.8, 4) is 0 Å². The largest absolute Gasteiger partial charge is 0.383 e. The minimum atomic E-state index is -0.231. The third-order valence-electron chi connectivity index (χ3n) is 5.09. The Labute approximate surface area is 176 Å². The predicted octanol–water partition coefficient (Wildman–Crippen LogP) is 2.55. The van der Waals surface area contributed by atoms with Crippen LogP contribution in [0.5, 0.6) is 0 Å². The Morgan fingerprint density at radius 3 is 2.60 bits per heavy atom. The van der Waals surface area contributed by atoms with Crippen molar-refractivity contribution in [1.29, 1.82) is 0 Å². The lowest BCUT2D eigenvalue weighted by Gasteiger charge is -2.32. The van der Waals surface area contributed by atoms with Gasteiger partial charge in [-0.1, -0.05) is 24.3 Å². The highest BCUT2D eigenvalue weighted by Crippen LogP contribution is 2.20. The highest BCUT2D eigenvalue weighted by atomic mass is 16.5. The normalized spacial score (nSPS) is 16.0. The van der Waals surface area contributed by atoms with Crippen LogP contribution in [0.3, 0.4) is 0 Å². The minimum Gasteiger partial charge on any atom is -0.383 e. The maximum atomic E-state index is 13.0. The van der Waals surface area contributed by atoms with Gasteiger partial charge in [-0.2, -0.15) is 0 Å². The SMILES string of the molecule is COCCNC(=O)[C@H]1CCCN(C(=O)c2cccc(NC(=O)c3ccccc3)c2)C1. The summed E-state index contributed by atoms with van der Waals surface area (Å²) in [7, 11) is 1.59. The number of hydrogen-bond acceptors (Lipinski definition) is 4. The van der Waals surface area contributed by atoms with Crippen molar-refractivity contribution in [2.45, 2.75) is 12.8 Å². The number of methoxy groups -OCH3 is 1. The average Bonchev–Trinajstić information content (AvgIpc) is 2.79. The quantitative estimate of drug-likeness (QED) is 0.688. The fourth-order valence-electron chi connectivity index (χ4n) is 3.50. The Balaban J connectivity index is 1.63. The van der Waals surface area contributed by atoms with Gasteiger partial charge in [-0.25, -0.2) is 0 Å². The third-order valence-corrected chi connectivity index (χ3v) is 5.09. The molecule has 1 aliphatic heterocycles. The lowest BCUT2D eigenvalue weighted by atomic mass is 9.96. The molecule has 158 valence electrons. The summed E-state index contributed by atoms with van der Waals surface area (Å²) in [4.78, 5) is 39.4. The van der Waals surface area contributed by atoms with Crippen molar-refractivity contribution in [3.05, 3.63) is 65.7 Å². The van der Waals surface area contributed by atoms with Gasteiger partial charge in [0.15, 0.2) is 0 Å². The molecule has 1 saturated heterocycles. The van der Waals surface area contributed by atoms with E-state index in [1.807, 2.05) is 6.07 Å². The zero-order valence-corrected chi connectivity index (χ0v) is 17.1. The van der Waals surface area contributed by atoms with E-state index in [4.69, 9.17) is 4.74 Å². The molecule has 7 heteroatoms. The van der Waals surface area contributed by atoms with Gasteiger partial charge in [0.2, 0.25) is 5.91 Å². The number of carbonyl (C=O) groups excluding carboxylic acids is 3. The van der Waals surface area contributed by atoms with Crippen molar-refractivity contribution in [1.82, 2.24) is 10.2 Å². The van der Waals surface area contributed by atoms with Gasteiger partial charge in [0.25, 0.3) is 11.8 Å². The van der Waals surface area contributed by atoms with Crippen LogP contribution in [0.25, 0.3) is 0 Å². The Morgan fingerprint density at radius 2 is 1.83 bits per heavy atom. The van der Waals surface area contributed by atoms with E-state index in [9.17, 15) is 14.4 Å². The van der Waals surface area contributed by atoms with Crippen LogP contribution in [0.15, 0.2) is 54.6 Å². The van der Waals surface area contributed by atoms with Crippen molar-refractivity contribution < 1.29 is 19.1 Å². The number of amides is 3. The summed E-state index contributed by atoms with van der Waals surface area (Å²) in [6.07, 6.45) is 1.54. The zero-order chi connectivity index (χ0) is 21.3. The number of ether oxygens (including phenoxy) is 1. The average molecular weight is 409 g/mol. The number of carbonyl (C=O) groups is 3. The van der Waals surface area contributed by atoms with Crippen LogP contribution in [-0.4, -0.2) is 56.0 Å². The van der Waals surface area contributed by atoms with Gasteiger partial charge in [-0.3, -0.25) is 14.4 Å². The lowest BCUT2D eigenvalue weighted by Crippen LogP contribution is -2.45. The number of anilines is 1. The van der Waals surface area contributed by atoms with Crippen molar-refractivity contribution in [3.63, 3.8) is 0 Å². The van der Waals surface area contributed by atoms with Crippen LogP contribution in [0, 0.1) is 5.92 Å². The molecule has 0 aromatic heterocycles. The maximum Gasteiger partial charge on any atom is 0.255 e. The molecule has 3 rings (SSSR count). The van der Waals surface area contributed by atoms with Gasteiger partial charge in [-0.05, 0) is 43.2 Å². The molecule has 0 aliphatic carbocycles. The van der Waals surface area contributed by atoms with Crippen LogP contribution in [0.1, 0.15) is 33.6 Å². The van der Waals surface area contributed by atoms with E-state index in [1.54, 1.807) is 60.5 Å². The molecule has 0 saturated carbocycles. The molecular formula is C23H27N3O4. The topological polar surface area (TPSA) is 87.7 Å². The van der Waals surface area contributed by atoms with Crippen LogP contribution in [0.2, 0.25) is 0 Å². The van der Waals surface area contributed by atoms with E-state index < -0.39 is 0 Å². The summed E-state index contributed by atoms with van der Waals surface area (Å²) in [6.45, 7) is 1.92. The van der Waals surface area contributed by atoms with E-state index in [1.165, 1.54) is 0 Å². The third kappa shape index (κ3) is 5.67. The maximum absolute atomic E-state index is 13.0. The lowest BCUT2D eigenvalue weighted by molar-refractivity contribution is -0.126. The van der Waals surface area contributed by atoms with E-state index in [0.29, 0.717) is 43.1 Å². The van der Waals surface area contributed by atoms with Crippen molar-refractivity contribution >= 4 is 23.4 Å². The van der Waals surface area contributed by atoms with Crippen LogP contribution in [0.4, 0.5) is 5.69 Å². The minimum absolute atomic E-state index is 0.0478. The molecule has 2 aromatic carbocycles. The first-order valence-electron chi connectivity index (χ1n) is 10.1. The first-order valence-corrected chi connectivity index (χ1v) is 10.1. The smallest absolute Gasteiger partial charge is 0.255 e. The summed E-state index contributed by atoms with van der Waals surface area (Å²) in [5.41, 5.74) is 1.59. The molecule has 0 bridgehead atoms. The summed E-state index contributed by atoms with van der Waals surface area (Å²) < 4.78 is 4.95. The molecule has 2 N–H and O–H groups in total. The molecule has 0 radical (unpaired) electrons. The second-order valence-corrected chi connectivity index (χ2v) is 7.28. The van der Waals surface area contributed by atoms with Crippen LogP contribution in [-0.2, 0) is 9.53 Å². The Kier molecular flexibility index (Phi) is 7.57. The first kappa shape index (κ1) is 21.5. The summed E-state index contributed by atoms with van der Waals surface area (Å²) in [6, 6.07) is 15.8. The zero-order valence-electron chi connectivity index (χ0n) is 17.1. The summed E-state index contributed by atoms with van der Waals surface area (Å²) >= 11 is 0. The van der Waals surface area contributed by atoms with Gasteiger partial charge in [0, 0.05) is 43.6 Å². The number of nitrogens with zero attached hydrogens (tertiary/aromatic N) is 1. The first-order chi connectivity index (χ1) is 14.6. The second kappa shape index (κ2) is 10.5. The molecule has 3 amide bonds. The fraction of sp³-hybridized carbons (Fsp3) is 0.348. The summed E-state index contributed by atoms with van der Waals surface area (Å²) in [5.74, 6) is -0.639. The summed E-state index contributed by atoms with van der Waals surface area (Å²) in [5, 5.41) is 5.68. The Hall–Kier alpha value is -3.19. The Morgan fingerprint density at radius 1 is 1.07 bits per heavy atom. The molecule has 1 atom stereocenters. The number of rotatable bonds is 7. The van der Waals surface area contributed by atoms with Crippen LogP contribution < -0.4 is 10.6 Å². The highest BCUT2D eigenvalue weighted by Gasteiger charge is 2.28. The van der Waals surface area contributed by atoms with Gasteiger partial charge >= 0.3 is 0 Å². The molecule has 0 unspecified atom stereocenters. The van der Waals surface area contributed by atoms with Crippen molar-refractivity contribution in [2.75, 3.05) is 38.7 Å². The number of likely N-dealkylation sites (tertiary alicyclic amines) is 1. The van der Waals surface area contributed by atoms with E-state index in [0.717, 1.165) is 12.8 Å². The Bertz CT molecular complexity index is 885. The number of benzene rings is 2. The standard InChI is InChI=1S/C23H27N3O4/c1-30-14-12-24-21(27)19-10-6-13-26(16-19)23(29)18-9-5-11-20(15-18)25-22(28)17-7-3-2-4-8-17/h2-5,7-9,11,15,19H,6,10,12-14,16H2,1H3,(H,24,27)(H,25,28)/t19-/m0/s1. The van der Waals surface area contributed by atoms with E-state index >= 15 is 0 Å². The van der Waals surface area contributed by atoms with E-state index in [2.05, 4.69) is 10.6 Å². The second-order valence-electron chi connectivity index (χ2n) is 7.28. The fourth-order valence-corrected chi connectivity index (χ4v) is 3.50. The predicted molar refractivity (Wildman–Crippen MR) is 114 cm³/mol. The van der Waals surface area contributed by atoms with Crippen molar-refractivity contribution in [2.24, 2.45) is 5.92 Å². The monoisotopic (exact) mass is 409 g/mol. The number of piperidine rings is 1. The molecule has 1 aliphatic rings. The molecule has 0 spiro atoms. The molecule has 1 heterocycles. The van der Waals surface area contributed by atoms with Gasteiger partial charge in [0.1, 0.15) is 0 Å². The molecule has 1 fully saturated rings. The molecule has 7 nitrogen and oxygen atoms in total. The van der Waals surface area contributed by atoms with Crippen LogP contribution >= 0.6 is 0 Å². The molecule has 2 aromatic rings. The van der Waals surface area contributed by atoms with Gasteiger partial charge in [0.05, 0.1) is 12.5 Å². The molecule has 30 heavy (non-hydrogen) atoms. The number of hydrogen-bond donors (Lipinski definition) is 2.